The number of rotatable bonds is 6. The second-order valence-corrected chi connectivity index (χ2v) is 8.35. The molecule has 5 aromatic rings. The van der Waals surface area contributed by atoms with Crippen molar-refractivity contribution in [3.63, 3.8) is 0 Å². The molecule has 0 radical (unpaired) electrons. The highest BCUT2D eigenvalue weighted by Gasteiger charge is 2.26. The number of hydrogen-bond donors (Lipinski definition) is 1. The van der Waals surface area contributed by atoms with Crippen LogP contribution in [0.5, 0.6) is 0 Å². The van der Waals surface area contributed by atoms with Crippen molar-refractivity contribution in [2.75, 3.05) is 5.32 Å². The van der Waals surface area contributed by atoms with Gasteiger partial charge in [0.25, 0.3) is 11.7 Å². The van der Waals surface area contributed by atoms with E-state index in [0.717, 1.165) is 9.86 Å². The molecular formula is C26H16BrN3O4. The smallest absolute Gasteiger partial charge is 0.298 e. The van der Waals surface area contributed by atoms with E-state index < -0.39 is 17.5 Å². The number of ketones is 2. The fourth-order valence-electron chi connectivity index (χ4n) is 3.50. The molecule has 0 saturated carbocycles. The van der Waals surface area contributed by atoms with E-state index in [2.05, 4.69) is 26.3 Å². The SMILES string of the molecule is O=C(Nc1ccccc1)C(=O)c1cc(C(=O)c2cc3cc(Br)ccc3o2)n(-c2ccccc2)n1. The lowest BCUT2D eigenvalue weighted by Crippen LogP contribution is -2.23. The van der Waals surface area contributed by atoms with E-state index in [1.165, 1.54) is 10.7 Å². The first-order chi connectivity index (χ1) is 16.5. The summed E-state index contributed by atoms with van der Waals surface area (Å²) < 4.78 is 7.95. The number of para-hydroxylation sites is 2. The van der Waals surface area contributed by atoms with Gasteiger partial charge in [0.2, 0.25) is 5.78 Å². The molecule has 2 aromatic heterocycles. The fourth-order valence-corrected chi connectivity index (χ4v) is 3.88. The van der Waals surface area contributed by atoms with Gasteiger partial charge in [-0.15, -0.1) is 0 Å². The zero-order chi connectivity index (χ0) is 23.7. The number of Topliss-reactive ketones (excluding diaryl/α,β-unsaturated/α-hetero) is 1. The Labute approximate surface area is 202 Å². The third kappa shape index (κ3) is 4.18. The first-order valence-corrected chi connectivity index (χ1v) is 11.1. The molecule has 1 amide bonds. The minimum absolute atomic E-state index is 0.0953. The van der Waals surface area contributed by atoms with Crippen molar-refractivity contribution in [2.24, 2.45) is 0 Å². The van der Waals surface area contributed by atoms with Crippen LogP contribution in [0, 0.1) is 0 Å². The molecule has 0 spiro atoms. The zero-order valence-electron chi connectivity index (χ0n) is 17.6. The summed E-state index contributed by atoms with van der Waals surface area (Å²) in [5.41, 5.74) is 1.54. The summed E-state index contributed by atoms with van der Waals surface area (Å²) in [7, 11) is 0. The predicted octanol–water partition coefficient (Wildman–Crippen LogP) is 5.43. The van der Waals surface area contributed by atoms with E-state index in [4.69, 9.17) is 4.42 Å². The van der Waals surface area contributed by atoms with Gasteiger partial charge in [-0.2, -0.15) is 5.10 Å². The van der Waals surface area contributed by atoms with Gasteiger partial charge in [-0.3, -0.25) is 14.4 Å². The summed E-state index contributed by atoms with van der Waals surface area (Å²) in [6, 6.07) is 25.9. The zero-order valence-corrected chi connectivity index (χ0v) is 19.2. The summed E-state index contributed by atoms with van der Waals surface area (Å²) in [6.45, 7) is 0. The maximum atomic E-state index is 13.4. The first-order valence-electron chi connectivity index (χ1n) is 10.3. The number of furan rings is 1. The number of hydrogen-bond acceptors (Lipinski definition) is 5. The fraction of sp³-hybridized carbons (Fsp3) is 0. The molecule has 0 saturated heterocycles. The number of nitrogens with zero attached hydrogens (tertiary/aromatic N) is 2. The van der Waals surface area contributed by atoms with Crippen LogP contribution in [-0.2, 0) is 4.79 Å². The molecule has 166 valence electrons. The number of anilines is 1. The van der Waals surface area contributed by atoms with Crippen molar-refractivity contribution in [1.29, 1.82) is 0 Å². The van der Waals surface area contributed by atoms with Crippen molar-refractivity contribution in [1.82, 2.24) is 9.78 Å². The minimum Gasteiger partial charge on any atom is -0.453 e. The van der Waals surface area contributed by atoms with E-state index in [9.17, 15) is 14.4 Å². The predicted molar refractivity (Wildman–Crippen MR) is 130 cm³/mol. The maximum Gasteiger partial charge on any atom is 0.298 e. The molecule has 7 nitrogen and oxygen atoms in total. The largest absolute Gasteiger partial charge is 0.453 e. The van der Waals surface area contributed by atoms with Gasteiger partial charge < -0.3 is 9.73 Å². The van der Waals surface area contributed by atoms with E-state index >= 15 is 0 Å². The molecule has 34 heavy (non-hydrogen) atoms. The first kappa shape index (κ1) is 21.5. The monoisotopic (exact) mass is 513 g/mol. The van der Waals surface area contributed by atoms with Crippen molar-refractivity contribution in [2.45, 2.75) is 0 Å². The lowest BCUT2D eigenvalue weighted by atomic mass is 10.1. The van der Waals surface area contributed by atoms with Gasteiger partial charge in [0.15, 0.2) is 5.76 Å². The quantitative estimate of drug-likeness (QED) is 0.241. The van der Waals surface area contributed by atoms with E-state index in [-0.39, 0.29) is 17.1 Å². The van der Waals surface area contributed by atoms with Gasteiger partial charge in [0.1, 0.15) is 17.0 Å². The number of aromatic nitrogens is 2. The van der Waals surface area contributed by atoms with Gasteiger partial charge in [0.05, 0.1) is 5.69 Å². The molecule has 0 fully saturated rings. The molecule has 0 aliphatic rings. The number of fused-ring (bicyclic) bond motifs is 1. The number of nitrogens with one attached hydrogen (secondary N) is 1. The number of benzene rings is 3. The van der Waals surface area contributed by atoms with E-state index in [1.807, 2.05) is 18.2 Å². The van der Waals surface area contributed by atoms with Crippen molar-refractivity contribution in [3.05, 3.63) is 113 Å². The molecule has 8 heteroatoms. The topological polar surface area (TPSA) is 94.2 Å². The highest BCUT2D eigenvalue weighted by atomic mass is 79.9. The Morgan fingerprint density at radius 2 is 1.56 bits per heavy atom. The maximum absolute atomic E-state index is 13.4. The number of carbonyl (C=O) groups is 3. The van der Waals surface area contributed by atoms with Crippen LogP contribution in [0.1, 0.15) is 26.7 Å². The molecule has 0 atom stereocenters. The van der Waals surface area contributed by atoms with Crippen LogP contribution in [0.15, 0.2) is 99.9 Å². The highest BCUT2D eigenvalue weighted by Crippen LogP contribution is 2.26. The van der Waals surface area contributed by atoms with Crippen LogP contribution >= 0.6 is 15.9 Å². The van der Waals surface area contributed by atoms with Crippen LogP contribution in [0.25, 0.3) is 16.7 Å². The molecule has 0 aliphatic carbocycles. The van der Waals surface area contributed by atoms with Crippen LogP contribution in [0.2, 0.25) is 0 Å². The third-order valence-electron chi connectivity index (χ3n) is 5.12. The van der Waals surface area contributed by atoms with Crippen LogP contribution in [0.3, 0.4) is 0 Å². The minimum atomic E-state index is -0.860. The Balaban J connectivity index is 1.53. The molecule has 1 N–H and O–H groups in total. The van der Waals surface area contributed by atoms with Crippen LogP contribution in [-0.4, -0.2) is 27.3 Å². The van der Waals surface area contributed by atoms with Crippen LogP contribution in [0.4, 0.5) is 5.69 Å². The van der Waals surface area contributed by atoms with Crippen molar-refractivity contribution in [3.8, 4) is 5.69 Å². The van der Waals surface area contributed by atoms with Gasteiger partial charge in [-0.1, -0.05) is 52.3 Å². The van der Waals surface area contributed by atoms with Gasteiger partial charge in [0, 0.05) is 15.5 Å². The third-order valence-corrected chi connectivity index (χ3v) is 5.61. The Morgan fingerprint density at radius 3 is 2.29 bits per heavy atom. The molecule has 3 aromatic carbocycles. The van der Waals surface area contributed by atoms with Gasteiger partial charge >= 0.3 is 0 Å². The standard InChI is InChI=1S/C26H16BrN3O4/c27-17-11-12-22-16(13-17)14-23(34-22)25(32)21-15-20(29-30(21)19-9-5-2-6-10-19)24(31)26(33)28-18-7-3-1-4-8-18/h1-15H,(H,28,33). The number of carbonyl (C=O) groups excluding carboxylic acids is 3. The van der Waals surface area contributed by atoms with E-state index in [0.29, 0.717) is 17.0 Å². The van der Waals surface area contributed by atoms with Crippen LogP contribution < -0.4 is 5.32 Å². The van der Waals surface area contributed by atoms with E-state index in [1.54, 1.807) is 66.7 Å². The number of halogens is 1. The summed E-state index contributed by atoms with van der Waals surface area (Å²) >= 11 is 3.41. The molecule has 0 unspecified atom stereocenters. The normalized spacial score (nSPS) is 10.9. The van der Waals surface area contributed by atoms with Gasteiger partial charge in [-0.05, 0) is 54.6 Å². The van der Waals surface area contributed by atoms with Crippen molar-refractivity contribution >= 4 is 50.1 Å². The second kappa shape index (κ2) is 8.92. The Hall–Kier alpha value is -4.30. The lowest BCUT2D eigenvalue weighted by molar-refractivity contribution is -0.112. The molecule has 0 aliphatic heterocycles. The summed E-state index contributed by atoms with van der Waals surface area (Å²) in [5.74, 6) is -2.08. The molecule has 2 heterocycles. The van der Waals surface area contributed by atoms with Gasteiger partial charge in [-0.25, -0.2) is 4.68 Å². The lowest BCUT2D eigenvalue weighted by Gasteiger charge is -2.05. The highest BCUT2D eigenvalue weighted by molar-refractivity contribution is 9.10. The second-order valence-electron chi connectivity index (χ2n) is 7.43. The Morgan fingerprint density at radius 1 is 0.853 bits per heavy atom. The summed E-state index contributed by atoms with van der Waals surface area (Å²) in [4.78, 5) is 38.8. The average Bonchev–Trinajstić information content (AvgIpc) is 3.49. The van der Waals surface area contributed by atoms with Crippen molar-refractivity contribution < 1.29 is 18.8 Å². The Kier molecular flexibility index (Phi) is 5.65. The molecule has 5 rings (SSSR count). The molecular weight excluding hydrogens is 498 g/mol. The Bertz CT molecular complexity index is 1540. The summed E-state index contributed by atoms with van der Waals surface area (Å²) in [6.07, 6.45) is 0. The number of amides is 1. The molecule has 0 bridgehead atoms. The summed E-state index contributed by atoms with van der Waals surface area (Å²) in [5, 5.41) is 7.59. The average molecular weight is 514 g/mol.